The van der Waals surface area contributed by atoms with Gasteiger partial charge in [-0.25, -0.2) is 0 Å². The van der Waals surface area contributed by atoms with Gasteiger partial charge in [-0.3, -0.25) is 4.79 Å². The fourth-order valence-corrected chi connectivity index (χ4v) is 3.58. The Balaban J connectivity index is 4.01. The van der Waals surface area contributed by atoms with E-state index in [-0.39, 0.29) is 17.5 Å². The first kappa shape index (κ1) is 26.5. The molecule has 2 heteroatoms. The highest BCUT2D eigenvalue weighted by Crippen LogP contribution is 2.22. The number of ether oxygens (including phenoxy) is 1. The normalized spacial score (nSPS) is 12.9. The molecule has 2 nitrogen and oxygen atoms in total. The number of rotatable bonds is 18. The van der Waals surface area contributed by atoms with E-state index in [9.17, 15) is 4.79 Å². The Kier molecular flexibility index (Phi) is 17.2. The average molecular weight is 383 g/mol. The predicted molar refractivity (Wildman–Crippen MR) is 119 cm³/mol. The molecule has 0 radical (unpaired) electrons. The van der Waals surface area contributed by atoms with Crippen molar-refractivity contribution in [1.82, 2.24) is 0 Å². The van der Waals surface area contributed by atoms with Gasteiger partial charge in [0.05, 0.1) is 6.42 Å². The molecule has 0 aromatic heterocycles. The Labute approximate surface area is 171 Å². The number of carbonyl (C=O) groups is 1. The van der Waals surface area contributed by atoms with Crippen LogP contribution in [0.15, 0.2) is 0 Å². The molecule has 0 rings (SSSR count). The number of hydrogen-bond acceptors (Lipinski definition) is 2. The Hall–Kier alpha value is -0.530. The van der Waals surface area contributed by atoms with Crippen molar-refractivity contribution in [3.8, 4) is 0 Å². The second-order valence-corrected chi connectivity index (χ2v) is 9.67. The van der Waals surface area contributed by atoms with Crippen molar-refractivity contribution in [2.45, 2.75) is 150 Å². The van der Waals surface area contributed by atoms with Gasteiger partial charge in [0.15, 0.2) is 0 Å². The summed E-state index contributed by atoms with van der Waals surface area (Å²) in [5.74, 6) is -0.00279. The molecule has 0 bridgehead atoms. The third kappa shape index (κ3) is 20.0. The van der Waals surface area contributed by atoms with Crippen LogP contribution in [-0.4, -0.2) is 12.1 Å². The van der Waals surface area contributed by atoms with E-state index in [1.165, 1.54) is 89.9 Å². The molecule has 1 atom stereocenters. The Bertz CT molecular complexity index is 330. The van der Waals surface area contributed by atoms with Crippen LogP contribution < -0.4 is 0 Å². The molecule has 0 saturated heterocycles. The molecule has 27 heavy (non-hydrogen) atoms. The van der Waals surface area contributed by atoms with E-state index >= 15 is 0 Å². The van der Waals surface area contributed by atoms with Crippen LogP contribution >= 0.6 is 0 Å². The number of unbranched alkanes of at least 4 members (excludes halogenated alkanes) is 12. The van der Waals surface area contributed by atoms with Crippen LogP contribution in [0, 0.1) is 5.41 Å². The van der Waals surface area contributed by atoms with Crippen LogP contribution in [0.3, 0.4) is 0 Å². The van der Waals surface area contributed by atoms with Crippen molar-refractivity contribution in [2.24, 2.45) is 5.41 Å². The maximum absolute atomic E-state index is 12.2. The Morgan fingerprint density at radius 3 is 1.41 bits per heavy atom. The molecular weight excluding hydrogens is 332 g/mol. The molecule has 0 amide bonds. The molecule has 0 aromatic rings. The highest BCUT2D eigenvalue weighted by atomic mass is 16.5. The van der Waals surface area contributed by atoms with Crippen LogP contribution in [-0.2, 0) is 9.53 Å². The van der Waals surface area contributed by atoms with Gasteiger partial charge in [0.25, 0.3) is 0 Å². The quantitative estimate of drug-likeness (QED) is 0.175. The average Bonchev–Trinajstić information content (AvgIpc) is 2.58. The van der Waals surface area contributed by atoms with Gasteiger partial charge in [-0.15, -0.1) is 0 Å². The van der Waals surface area contributed by atoms with E-state index in [0.29, 0.717) is 6.42 Å². The standard InChI is InChI=1S/C25H50O2/c1-6-8-10-12-13-14-15-17-19-21-23(20-18-16-11-9-7-2)27-24(26)22-25(3,4)5/h23H,6-22H2,1-5H3. The predicted octanol–water partition coefficient (Wildman–Crippen LogP) is 8.62. The minimum atomic E-state index is -0.00279. The van der Waals surface area contributed by atoms with Crippen LogP contribution in [0.25, 0.3) is 0 Å². The van der Waals surface area contributed by atoms with Crippen molar-refractivity contribution in [2.75, 3.05) is 0 Å². The number of carbonyl (C=O) groups excluding carboxylic acids is 1. The summed E-state index contributed by atoms with van der Waals surface area (Å²) in [6.07, 6.45) is 21.3. The van der Waals surface area contributed by atoms with Crippen molar-refractivity contribution in [3.05, 3.63) is 0 Å². The van der Waals surface area contributed by atoms with Gasteiger partial charge in [-0.1, -0.05) is 112 Å². The lowest BCUT2D eigenvalue weighted by Gasteiger charge is -2.22. The van der Waals surface area contributed by atoms with Gasteiger partial charge in [-0.2, -0.15) is 0 Å². The summed E-state index contributed by atoms with van der Waals surface area (Å²) in [5.41, 5.74) is 0.0144. The van der Waals surface area contributed by atoms with E-state index in [2.05, 4.69) is 34.6 Å². The fraction of sp³-hybridized carbons (Fsp3) is 0.960. The molecule has 0 N–H and O–H groups in total. The summed E-state index contributed by atoms with van der Waals surface area (Å²) >= 11 is 0. The molecule has 0 aromatic carbocycles. The molecule has 0 aliphatic carbocycles. The number of hydrogen-bond donors (Lipinski definition) is 0. The maximum atomic E-state index is 12.2. The molecular formula is C25H50O2. The summed E-state index contributed by atoms with van der Waals surface area (Å²) in [7, 11) is 0. The number of esters is 1. The molecule has 162 valence electrons. The van der Waals surface area contributed by atoms with E-state index in [0.717, 1.165) is 12.8 Å². The SMILES string of the molecule is CCCCCCCCCCCC(CCCCCCC)OC(=O)CC(C)(C)C. The third-order valence-corrected chi connectivity index (χ3v) is 5.23. The van der Waals surface area contributed by atoms with Crippen molar-refractivity contribution in [3.63, 3.8) is 0 Å². The lowest BCUT2D eigenvalue weighted by molar-refractivity contribution is -0.152. The minimum absolute atomic E-state index is 0.00279. The smallest absolute Gasteiger partial charge is 0.306 e. The summed E-state index contributed by atoms with van der Waals surface area (Å²) in [4.78, 5) is 12.2. The first-order chi connectivity index (χ1) is 12.9. The van der Waals surface area contributed by atoms with Crippen molar-refractivity contribution >= 4 is 5.97 Å². The third-order valence-electron chi connectivity index (χ3n) is 5.23. The molecule has 0 saturated carbocycles. The zero-order chi connectivity index (χ0) is 20.4. The summed E-state index contributed by atoms with van der Waals surface area (Å²) in [5, 5.41) is 0. The highest BCUT2D eigenvalue weighted by molar-refractivity contribution is 5.70. The molecule has 0 aliphatic heterocycles. The van der Waals surface area contributed by atoms with Crippen molar-refractivity contribution in [1.29, 1.82) is 0 Å². The fourth-order valence-electron chi connectivity index (χ4n) is 3.58. The zero-order valence-corrected chi connectivity index (χ0v) is 19.4. The summed E-state index contributed by atoms with van der Waals surface area (Å²) in [6, 6.07) is 0. The van der Waals surface area contributed by atoms with E-state index in [1.54, 1.807) is 0 Å². The summed E-state index contributed by atoms with van der Waals surface area (Å²) in [6.45, 7) is 10.8. The molecule has 0 fully saturated rings. The van der Waals surface area contributed by atoms with Crippen LogP contribution in [0.1, 0.15) is 144 Å². The van der Waals surface area contributed by atoms with Crippen LogP contribution in [0.2, 0.25) is 0 Å². The largest absolute Gasteiger partial charge is 0.462 e. The monoisotopic (exact) mass is 382 g/mol. The molecule has 0 heterocycles. The summed E-state index contributed by atoms with van der Waals surface area (Å²) < 4.78 is 5.87. The zero-order valence-electron chi connectivity index (χ0n) is 19.4. The van der Waals surface area contributed by atoms with Gasteiger partial charge in [0.2, 0.25) is 0 Å². The molecule has 0 aliphatic rings. The first-order valence-corrected chi connectivity index (χ1v) is 12.1. The van der Waals surface area contributed by atoms with Gasteiger partial charge < -0.3 is 4.74 Å². The highest BCUT2D eigenvalue weighted by Gasteiger charge is 2.20. The topological polar surface area (TPSA) is 26.3 Å². The lowest BCUT2D eigenvalue weighted by atomic mass is 9.92. The van der Waals surface area contributed by atoms with E-state index in [4.69, 9.17) is 4.74 Å². The minimum Gasteiger partial charge on any atom is -0.462 e. The van der Waals surface area contributed by atoms with Gasteiger partial charge in [0, 0.05) is 0 Å². The second kappa shape index (κ2) is 17.6. The maximum Gasteiger partial charge on any atom is 0.306 e. The first-order valence-electron chi connectivity index (χ1n) is 12.1. The van der Waals surface area contributed by atoms with E-state index < -0.39 is 0 Å². The van der Waals surface area contributed by atoms with Crippen LogP contribution in [0.4, 0.5) is 0 Å². The van der Waals surface area contributed by atoms with E-state index in [1.807, 2.05) is 0 Å². The Morgan fingerprint density at radius 2 is 1.04 bits per heavy atom. The van der Waals surface area contributed by atoms with Gasteiger partial charge in [-0.05, 0) is 31.1 Å². The molecule has 1 unspecified atom stereocenters. The molecule has 0 spiro atoms. The second-order valence-electron chi connectivity index (χ2n) is 9.67. The van der Waals surface area contributed by atoms with Crippen LogP contribution in [0.5, 0.6) is 0 Å². The van der Waals surface area contributed by atoms with Gasteiger partial charge >= 0.3 is 5.97 Å². The Morgan fingerprint density at radius 1 is 0.667 bits per heavy atom. The van der Waals surface area contributed by atoms with Gasteiger partial charge in [0.1, 0.15) is 6.10 Å². The van der Waals surface area contributed by atoms with Crippen molar-refractivity contribution < 1.29 is 9.53 Å². The lowest BCUT2D eigenvalue weighted by Crippen LogP contribution is -2.22.